The van der Waals surface area contributed by atoms with Crippen LogP contribution in [0.4, 0.5) is 0 Å². The number of thioether (sulfide) groups is 1. The summed E-state index contributed by atoms with van der Waals surface area (Å²) in [5, 5.41) is 12.1. The summed E-state index contributed by atoms with van der Waals surface area (Å²) in [7, 11) is 1.60. The highest BCUT2D eigenvalue weighted by molar-refractivity contribution is 8.00. The number of hydrogen-bond acceptors (Lipinski definition) is 7. The van der Waals surface area contributed by atoms with Crippen molar-refractivity contribution < 1.29 is 14.3 Å². The summed E-state index contributed by atoms with van der Waals surface area (Å²) in [4.78, 5) is 14.4. The summed E-state index contributed by atoms with van der Waals surface area (Å²) < 4.78 is 12.2. The molecule has 0 bridgehead atoms. The molecule has 1 fully saturated rings. The van der Waals surface area contributed by atoms with E-state index in [1.54, 1.807) is 11.8 Å². The summed E-state index contributed by atoms with van der Waals surface area (Å²) in [6.45, 7) is 4.29. The number of amides is 1. The molecule has 1 aliphatic rings. The van der Waals surface area contributed by atoms with Crippen molar-refractivity contribution in [3.63, 3.8) is 0 Å². The molecule has 0 aliphatic carbocycles. The molecule has 8 nitrogen and oxygen atoms in total. The molecule has 1 amide bonds. The summed E-state index contributed by atoms with van der Waals surface area (Å²) in [6.07, 6.45) is 0. The molecule has 0 unspecified atom stereocenters. The van der Waals surface area contributed by atoms with E-state index in [-0.39, 0.29) is 11.2 Å². The first-order chi connectivity index (χ1) is 11.7. The van der Waals surface area contributed by atoms with Gasteiger partial charge in [-0.15, -0.1) is 5.10 Å². The Hall–Kier alpha value is -2.13. The van der Waals surface area contributed by atoms with E-state index in [0.717, 1.165) is 5.69 Å². The van der Waals surface area contributed by atoms with E-state index < -0.39 is 0 Å². The molecule has 1 aliphatic heterocycles. The predicted octanol–water partition coefficient (Wildman–Crippen LogP) is 1.01. The number of morpholine rings is 1. The van der Waals surface area contributed by atoms with Crippen molar-refractivity contribution in [2.45, 2.75) is 17.3 Å². The Kier molecular flexibility index (Phi) is 5.31. The molecule has 9 heteroatoms. The first-order valence-electron chi connectivity index (χ1n) is 7.65. The number of tetrazole rings is 1. The normalized spacial score (nSPS) is 16.0. The Labute approximate surface area is 144 Å². The van der Waals surface area contributed by atoms with Crippen LogP contribution >= 0.6 is 11.8 Å². The summed E-state index contributed by atoms with van der Waals surface area (Å²) in [5.41, 5.74) is 0.735. The molecule has 2 heterocycles. The second-order valence-corrected chi connectivity index (χ2v) is 6.55. The number of carbonyl (C=O) groups excluding carboxylic acids is 1. The van der Waals surface area contributed by atoms with Gasteiger partial charge in [0.05, 0.1) is 25.6 Å². The van der Waals surface area contributed by atoms with Gasteiger partial charge in [-0.3, -0.25) is 4.79 Å². The van der Waals surface area contributed by atoms with E-state index in [1.165, 1.54) is 11.8 Å². The second-order valence-electron chi connectivity index (χ2n) is 5.24. The molecule has 0 spiro atoms. The Bertz CT molecular complexity index is 702. The number of rotatable bonds is 5. The fourth-order valence-electron chi connectivity index (χ4n) is 2.46. The lowest BCUT2D eigenvalue weighted by Gasteiger charge is -2.28. The van der Waals surface area contributed by atoms with E-state index >= 15 is 0 Å². The lowest BCUT2D eigenvalue weighted by atomic mass is 10.3. The monoisotopic (exact) mass is 349 g/mol. The summed E-state index contributed by atoms with van der Waals surface area (Å²) in [5.74, 6) is 0.733. The molecule has 0 saturated carbocycles. The quantitative estimate of drug-likeness (QED) is 0.745. The number of ether oxygens (including phenoxy) is 2. The first-order valence-corrected chi connectivity index (χ1v) is 8.53. The van der Waals surface area contributed by atoms with Crippen LogP contribution in [0, 0.1) is 0 Å². The van der Waals surface area contributed by atoms with Gasteiger partial charge in [-0.1, -0.05) is 23.9 Å². The minimum absolute atomic E-state index is 0.0675. The van der Waals surface area contributed by atoms with Crippen molar-refractivity contribution in [3.05, 3.63) is 24.3 Å². The SMILES string of the molecule is COc1ccccc1-n1nnnc1S[C@H](C)C(=O)N1CCOCC1. The molecule has 3 rings (SSSR count). The van der Waals surface area contributed by atoms with Gasteiger partial charge in [-0.25, -0.2) is 0 Å². The number of methoxy groups -OCH3 is 1. The van der Waals surface area contributed by atoms with Crippen LogP contribution in [-0.4, -0.2) is 69.7 Å². The molecule has 1 aromatic heterocycles. The molecular weight excluding hydrogens is 330 g/mol. The highest BCUT2D eigenvalue weighted by Crippen LogP contribution is 2.28. The van der Waals surface area contributed by atoms with Crippen LogP contribution in [0.25, 0.3) is 5.69 Å². The van der Waals surface area contributed by atoms with Gasteiger partial charge in [0.1, 0.15) is 11.4 Å². The van der Waals surface area contributed by atoms with Crippen LogP contribution in [0.2, 0.25) is 0 Å². The second kappa shape index (κ2) is 7.63. The van der Waals surface area contributed by atoms with E-state index in [1.807, 2.05) is 36.1 Å². The van der Waals surface area contributed by atoms with Crippen molar-refractivity contribution in [3.8, 4) is 11.4 Å². The lowest BCUT2D eigenvalue weighted by Crippen LogP contribution is -2.44. The van der Waals surface area contributed by atoms with Gasteiger partial charge in [-0.05, 0) is 29.5 Å². The molecular formula is C15H19N5O3S. The van der Waals surface area contributed by atoms with Gasteiger partial charge in [-0.2, -0.15) is 4.68 Å². The fraction of sp³-hybridized carbons (Fsp3) is 0.467. The maximum atomic E-state index is 12.5. The average Bonchev–Trinajstić information content (AvgIpc) is 3.09. The topological polar surface area (TPSA) is 82.4 Å². The summed E-state index contributed by atoms with van der Waals surface area (Å²) >= 11 is 1.33. The molecule has 128 valence electrons. The minimum Gasteiger partial charge on any atom is -0.494 e. The van der Waals surface area contributed by atoms with Crippen LogP contribution in [-0.2, 0) is 9.53 Å². The number of nitrogens with zero attached hydrogens (tertiary/aromatic N) is 5. The first kappa shape index (κ1) is 16.7. The van der Waals surface area contributed by atoms with Gasteiger partial charge in [0, 0.05) is 13.1 Å². The maximum Gasteiger partial charge on any atom is 0.236 e. The van der Waals surface area contributed by atoms with Crippen molar-refractivity contribution >= 4 is 17.7 Å². The number of benzene rings is 1. The highest BCUT2D eigenvalue weighted by atomic mass is 32.2. The van der Waals surface area contributed by atoms with Gasteiger partial charge >= 0.3 is 0 Å². The van der Waals surface area contributed by atoms with Crippen molar-refractivity contribution in [2.24, 2.45) is 0 Å². The number of hydrogen-bond donors (Lipinski definition) is 0. The Morgan fingerprint density at radius 2 is 2.08 bits per heavy atom. The molecule has 1 atom stereocenters. The van der Waals surface area contributed by atoms with E-state index in [4.69, 9.17) is 9.47 Å². The Balaban J connectivity index is 1.76. The van der Waals surface area contributed by atoms with Gasteiger partial charge in [0.2, 0.25) is 11.1 Å². The van der Waals surface area contributed by atoms with Crippen LogP contribution in [0.15, 0.2) is 29.4 Å². The molecule has 2 aromatic rings. The molecule has 0 N–H and O–H groups in total. The number of para-hydroxylation sites is 2. The van der Waals surface area contributed by atoms with E-state index in [0.29, 0.717) is 37.2 Å². The predicted molar refractivity (Wildman–Crippen MR) is 88.4 cm³/mol. The Morgan fingerprint density at radius 3 is 2.83 bits per heavy atom. The molecule has 1 saturated heterocycles. The van der Waals surface area contributed by atoms with Gasteiger partial charge in [0.15, 0.2) is 0 Å². The van der Waals surface area contributed by atoms with Gasteiger partial charge < -0.3 is 14.4 Å². The van der Waals surface area contributed by atoms with Gasteiger partial charge in [0.25, 0.3) is 0 Å². The zero-order valence-electron chi connectivity index (χ0n) is 13.6. The fourth-order valence-corrected chi connectivity index (χ4v) is 3.34. The lowest BCUT2D eigenvalue weighted by molar-refractivity contribution is -0.134. The third-order valence-corrected chi connectivity index (χ3v) is 4.73. The van der Waals surface area contributed by atoms with E-state index in [9.17, 15) is 4.79 Å². The molecule has 24 heavy (non-hydrogen) atoms. The molecule has 0 radical (unpaired) electrons. The summed E-state index contributed by atoms with van der Waals surface area (Å²) in [6, 6.07) is 7.47. The maximum absolute atomic E-state index is 12.5. The van der Waals surface area contributed by atoms with E-state index in [2.05, 4.69) is 15.5 Å². The number of carbonyl (C=O) groups is 1. The van der Waals surface area contributed by atoms with Crippen molar-refractivity contribution in [1.29, 1.82) is 0 Å². The Morgan fingerprint density at radius 1 is 1.33 bits per heavy atom. The number of aromatic nitrogens is 4. The van der Waals surface area contributed by atoms with Crippen LogP contribution in [0.1, 0.15) is 6.92 Å². The zero-order valence-corrected chi connectivity index (χ0v) is 14.4. The van der Waals surface area contributed by atoms with Crippen molar-refractivity contribution in [1.82, 2.24) is 25.1 Å². The van der Waals surface area contributed by atoms with Crippen LogP contribution in [0.3, 0.4) is 0 Å². The largest absolute Gasteiger partial charge is 0.494 e. The smallest absolute Gasteiger partial charge is 0.236 e. The van der Waals surface area contributed by atoms with Crippen LogP contribution < -0.4 is 4.74 Å². The third-order valence-electron chi connectivity index (χ3n) is 3.71. The zero-order chi connectivity index (χ0) is 16.9. The van der Waals surface area contributed by atoms with Crippen molar-refractivity contribution in [2.75, 3.05) is 33.4 Å². The van der Waals surface area contributed by atoms with Crippen LogP contribution in [0.5, 0.6) is 5.75 Å². The standard InChI is InChI=1S/C15H19N5O3S/c1-11(14(21)19-7-9-23-10-8-19)24-15-16-17-18-20(15)12-5-3-4-6-13(12)22-2/h3-6,11H,7-10H2,1-2H3/t11-/m1/s1. The minimum atomic E-state index is -0.289. The molecule has 1 aromatic carbocycles. The highest BCUT2D eigenvalue weighted by Gasteiger charge is 2.25. The average molecular weight is 349 g/mol. The third kappa shape index (κ3) is 3.51.